The first-order chi connectivity index (χ1) is 7.20. The summed E-state index contributed by atoms with van der Waals surface area (Å²) in [4.78, 5) is 0. The third kappa shape index (κ3) is 10.2. The molecular formula is C12H27NO2. The molecule has 0 radical (unpaired) electrons. The molecule has 1 N–H and O–H groups in total. The lowest BCUT2D eigenvalue weighted by atomic mass is 10.1. The molecule has 0 fully saturated rings. The van der Waals surface area contributed by atoms with Crippen LogP contribution in [-0.2, 0) is 9.47 Å². The molecular weight excluding hydrogens is 190 g/mol. The van der Waals surface area contributed by atoms with Gasteiger partial charge in [0.1, 0.15) is 0 Å². The van der Waals surface area contributed by atoms with Crippen molar-refractivity contribution in [2.45, 2.75) is 39.2 Å². The number of hydrogen-bond acceptors (Lipinski definition) is 3. The third-order valence-corrected chi connectivity index (χ3v) is 2.53. The average molecular weight is 217 g/mol. The van der Waals surface area contributed by atoms with Crippen molar-refractivity contribution in [2.24, 2.45) is 5.92 Å². The van der Waals surface area contributed by atoms with Gasteiger partial charge in [0.2, 0.25) is 0 Å². The summed E-state index contributed by atoms with van der Waals surface area (Å²) < 4.78 is 10.6. The summed E-state index contributed by atoms with van der Waals surface area (Å²) in [7, 11) is 3.74. The average Bonchev–Trinajstić information content (AvgIpc) is 2.21. The van der Waals surface area contributed by atoms with Gasteiger partial charge in [-0.2, -0.15) is 0 Å². The Hall–Kier alpha value is -0.120. The molecule has 0 rings (SSSR count). The number of hydrogen-bond donors (Lipinski definition) is 1. The van der Waals surface area contributed by atoms with E-state index < -0.39 is 0 Å². The van der Waals surface area contributed by atoms with Crippen LogP contribution in [0.15, 0.2) is 0 Å². The van der Waals surface area contributed by atoms with Crippen LogP contribution in [0.4, 0.5) is 0 Å². The standard InChI is InChI=1S/C12H27NO2/c1-11(2)5-9-15-10-7-12(13-3)6-8-14-4/h11-13H,5-10H2,1-4H3. The summed E-state index contributed by atoms with van der Waals surface area (Å²) in [5, 5.41) is 3.28. The van der Waals surface area contributed by atoms with Gasteiger partial charge in [-0.05, 0) is 32.2 Å². The lowest BCUT2D eigenvalue weighted by Gasteiger charge is -2.15. The predicted molar refractivity (Wildman–Crippen MR) is 64.2 cm³/mol. The Morgan fingerprint density at radius 3 is 2.13 bits per heavy atom. The summed E-state index contributed by atoms with van der Waals surface area (Å²) in [6.45, 7) is 6.99. The molecule has 3 nitrogen and oxygen atoms in total. The van der Waals surface area contributed by atoms with Crippen LogP contribution < -0.4 is 5.32 Å². The van der Waals surface area contributed by atoms with Crippen LogP contribution in [-0.4, -0.2) is 40.0 Å². The third-order valence-electron chi connectivity index (χ3n) is 2.53. The van der Waals surface area contributed by atoms with Crippen molar-refractivity contribution in [3.63, 3.8) is 0 Å². The zero-order valence-corrected chi connectivity index (χ0v) is 10.7. The van der Waals surface area contributed by atoms with Crippen LogP contribution in [0.5, 0.6) is 0 Å². The normalized spacial score (nSPS) is 13.4. The molecule has 1 atom stereocenters. The van der Waals surface area contributed by atoms with Crippen LogP contribution in [0.1, 0.15) is 33.1 Å². The lowest BCUT2D eigenvalue weighted by molar-refractivity contribution is 0.109. The number of nitrogens with one attached hydrogen (secondary N) is 1. The molecule has 0 aromatic carbocycles. The fourth-order valence-corrected chi connectivity index (χ4v) is 1.34. The summed E-state index contributed by atoms with van der Waals surface area (Å²) in [6, 6.07) is 0.518. The SMILES string of the molecule is CNC(CCOC)CCOCCC(C)C. The van der Waals surface area contributed by atoms with Crippen molar-refractivity contribution in [2.75, 3.05) is 34.0 Å². The second kappa shape index (κ2) is 10.4. The van der Waals surface area contributed by atoms with Crippen LogP contribution in [0.3, 0.4) is 0 Å². The highest BCUT2D eigenvalue weighted by Crippen LogP contribution is 2.02. The van der Waals surface area contributed by atoms with Gasteiger partial charge in [-0.3, -0.25) is 0 Å². The van der Waals surface area contributed by atoms with E-state index in [9.17, 15) is 0 Å². The smallest absolute Gasteiger partial charge is 0.0480 e. The first-order valence-corrected chi connectivity index (χ1v) is 5.94. The van der Waals surface area contributed by atoms with Gasteiger partial charge in [-0.25, -0.2) is 0 Å². The molecule has 0 amide bonds. The predicted octanol–water partition coefficient (Wildman–Crippen LogP) is 2.06. The first kappa shape index (κ1) is 14.9. The molecule has 0 saturated carbocycles. The molecule has 92 valence electrons. The van der Waals surface area contributed by atoms with Gasteiger partial charge < -0.3 is 14.8 Å². The van der Waals surface area contributed by atoms with Crippen LogP contribution in [0.2, 0.25) is 0 Å². The van der Waals surface area contributed by atoms with Crippen molar-refractivity contribution >= 4 is 0 Å². The Labute approximate surface area is 94.5 Å². The van der Waals surface area contributed by atoms with Gasteiger partial charge >= 0.3 is 0 Å². The maximum Gasteiger partial charge on any atom is 0.0480 e. The summed E-state index contributed by atoms with van der Waals surface area (Å²) in [6.07, 6.45) is 3.28. The number of ether oxygens (including phenoxy) is 2. The van der Waals surface area contributed by atoms with Crippen LogP contribution >= 0.6 is 0 Å². The Kier molecular flexibility index (Phi) is 10.3. The van der Waals surface area contributed by atoms with E-state index in [0.29, 0.717) is 6.04 Å². The van der Waals surface area contributed by atoms with E-state index in [4.69, 9.17) is 9.47 Å². The minimum Gasteiger partial charge on any atom is -0.385 e. The van der Waals surface area contributed by atoms with Gasteiger partial charge in [0.25, 0.3) is 0 Å². The molecule has 0 aliphatic rings. The Morgan fingerprint density at radius 2 is 1.60 bits per heavy atom. The van der Waals surface area contributed by atoms with E-state index in [2.05, 4.69) is 19.2 Å². The highest BCUT2D eigenvalue weighted by molar-refractivity contribution is 4.63. The largest absolute Gasteiger partial charge is 0.385 e. The summed E-state index contributed by atoms with van der Waals surface area (Å²) >= 11 is 0. The lowest BCUT2D eigenvalue weighted by Crippen LogP contribution is -2.28. The number of rotatable bonds is 10. The van der Waals surface area contributed by atoms with E-state index in [1.807, 2.05) is 7.05 Å². The number of methoxy groups -OCH3 is 1. The molecule has 0 bridgehead atoms. The minimum absolute atomic E-state index is 0.518. The van der Waals surface area contributed by atoms with Crippen LogP contribution in [0, 0.1) is 5.92 Å². The van der Waals surface area contributed by atoms with Crippen molar-refractivity contribution in [1.82, 2.24) is 5.32 Å². The fraction of sp³-hybridized carbons (Fsp3) is 1.00. The second-order valence-electron chi connectivity index (χ2n) is 4.35. The van der Waals surface area contributed by atoms with E-state index in [0.717, 1.165) is 45.0 Å². The molecule has 0 saturated heterocycles. The Bertz CT molecular complexity index is 129. The monoisotopic (exact) mass is 217 g/mol. The molecule has 0 spiro atoms. The molecule has 3 heteroatoms. The molecule has 0 heterocycles. The van der Waals surface area contributed by atoms with E-state index in [1.54, 1.807) is 7.11 Å². The van der Waals surface area contributed by atoms with Gasteiger partial charge in [0.05, 0.1) is 0 Å². The van der Waals surface area contributed by atoms with Crippen molar-refractivity contribution in [3.8, 4) is 0 Å². The molecule has 0 aromatic heterocycles. The van der Waals surface area contributed by atoms with Gasteiger partial charge in [0.15, 0.2) is 0 Å². The van der Waals surface area contributed by atoms with E-state index in [-0.39, 0.29) is 0 Å². The van der Waals surface area contributed by atoms with Crippen molar-refractivity contribution in [3.05, 3.63) is 0 Å². The fourth-order valence-electron chi connectivity index (χ4n) is 1.34. The van der Waals surface area contributed by atoms with Crippen LogP contribution in [0.25, 0.3) is 0 Å². The molecule has 0 aliphatic carbocycles. The zero-order chi connectivity index (χ0) is 11.5. The van der Waals surface area contributed by atoms with Crippen molar-refractivity contribution < 1.29 is 9.47 Å². The quantitative estimate of drug-likeness (QED) is 0.568. The van der Waals surface area contributed by atoms with E-state index in [1.165, 1.54) is 0 Å². The molecule has 0 aromatic rings. The Morgan fingerprint density at radius 1 is 1.00 bits per heavy atom. The highest BCUT2D eigenvalue weighted by Gasteiger charge is 2.05. The van der Waals surface area contributed by atoms with E-state index >= 15 is 0 Å². The van der Waals surface area contributed by atoms with Gasteiger partial charge in [-0.1, -0.05) is 13.8 Å². The first-order valence-electron chi connectivity index (χ1n) is 5.94. The maximum atomic E-state index is 5.58. The van der Waals surface area contributed by atoms with Gasteiger partial charge in [0, 0.05) is 33.0 Å². The maximum absolute atomic E-state index is 5.58. The summed E-state index contributed by atoms with van der Waals surface area (Å²) in [5.74, 6) is 0.735. The molecule has 0 aliphatic heterocycles. The van der Waals surface area contributed by atoms with Gasteiger partial charge in [-0.15, -0.1) is 0 Å². The Balaban J connectivity index is 3.30. The molecule has 1 unspecified atom stereocenters. The van der Waals surface area contributed by atoms with Crippen molar-refractivity contribution in [1.29, 1.82) is 0 Å². The zero-order valence-electron chi connectivity index (χ0n) is 10.7. The highest BCUT2D eigenvalue weighted by atomic mass is 16.5. The molecule has 15 heavy (non-hydrogen) atoms. The minimum atomic E-state index is 0.518. The topological polar surface area (TPSA) is 30.5 Å². The second-order valence-corrected chi connectivity index (χ2v) is 4.35. The summed E-state index contributed by atoms with van der Waals surface area (Å²) in [5.41, 5.74) is 0.